The first-order valence-corrected chi connectivity index (χ1v) is 10.7. The molecule has 2 aliphatic rings. The molecule has 1 N–H and O–H groups in total. The van der Waals surface area contributed by atoms with E-state index in [0.29, 0.717) is 10.8 Å². The molecule has 6 rings (SSSR count). The van der Waals surface area contributed by atoms with Crippen molar-refractivity contribution in [2.45, 2.75) is 13.8 Å². The number of aliphatic hydroxyl groups is 1. The lowest BCUT2D eigenvalue weighted by Gasteiger charge is -2.03. The summed E-state index contributed by atoms with van der Waals surface area (Å²) in [5.41, 5.74) is 4.92. The predicted octanol–water partition coefficient (Wildman–Crippen LogP) is 6.03. The molecule has 0 spiro atoms. The van der Waals surface area contributed by atoms with Crippen LogP contribution >= 0.6 is 0 Å². The van der Waals surface area contributed by atoms with Crippen molar-refractivity contribution in [2.24, 2.45) is 4.99 Å². The number of benzene rings is 4. The maximum atomic E-state index is 11.5. The molecule has 1 heterocycles. The van der Waals surface area contributed by atoms with Gasteiger partial charge in [0, 0.05) is 21.6 Å². The van der Waals surface area contributed by atoms with Gasteiger partial charge >= 0.3 is 0 Å². The van der Waals surface area contributed by atoms with Crippen molar-refractivity contribution >= 4 is 33.0 Å². The summed E-state index contributed by atoms with van der Waals surface area (Å²) in [6, 6.07) is 28.2. The van der Waals surface area contributed by atoms with E-state index in [1.54, 1.807) is 0 Å². The highest BCUT2D eigenvalue weighted by atomic mass is 16.3. The van der Waals surface area contributed by atoms with Crippen LogP contribution in [0.2, 0.25) is 0 Å². The van der Waals surface area contributed by atoms with Crippen molar-refractivity contribution in [2.75, 3.05) is 0 Å². The van der Waals surface area contributed by atoms with Crippen LogP contribution in [-0.2, 0) is 0 Å². The molecule has 0 saturated carbocycles. The van der Waals surface area contributed by atoms with Gasteiger partial charge in [-0.05, 0) is 35.7 Å². The largest absolute Gasteiger partial charge is 0.506 e. The van der Waals surface area contributed by atoms with E-state index in [4.69, 9.17) is 9.41 Å². The molecule has 0 bridgehead atoms. The number of fused-ring (bicyclic) bond motifs is 2. The standard InChI is InChI=1S/C29H21NO2/c1-17-9-6-10-18(2)26(17)30-29-25(27(31)20-11-4-3-5-12-20)24-21-15-7-13-19-14-8-16-22(23(19)21)28(24)32-29/h3-16,31H,1-2H3/b27-25-,30-29?. The topological polar surface area (TPSA) is 45.7 Å². The average Bonchev–Trinajstić information content (AvgIpc) is 3.33. The maximum Gasteiger partial charge on any atom is 0.231 e. The van der Waals surface area contributed by atoms with Gasteiger partial charge in [0.25, 0.3) is 0 Å². The third kappa shape index (κ3) is 2.64. The zero-order valence-electron chi connectivity index (χ0n) is 17.9. The van der Waals surface area contributed by atoms with Gasteiger partial charge in [0.2, 0.25) is 5.55 Å². The SMILES string of the molecule is Cc1cccc(C)c1N=c1oc2c3cccc4cccc(c=2/c1=C(/O)c1ccccc1)c43. The molecule has 0 saturated heterocycles. The van der Waals surface area contributed by atoms with Gasteiger partial charge in [-0.3, -0.25) is 0 Å². The molecule has 154 valence electrons. The van der Waals surface area contributed by atoms with E-state index in [9.17, 15) is 5.11 Å². The van der Waals surface area contributed by atoms with Crippen LogP contribution in [0.1, 0.15) is 16.7 Å². The third-order valence-electron chi connectivity index (χ3n) is 6.25. The van der Waals surface area contributed by atoms with E-state index in [0.717, 1.165) is 54.6 Å². The molecule has 0 fully saturated rings. The average molecular weight is 415 g/mol. The third-order valence-corrected chi connectivity index (χ3v) is 6.25. The molecule has 4 aromatic rings. The highest BCUT2D eigenvalue weighted by Gasteiger charge is 2.17. The second kappa shape index (κ2) is 6.96. The molecule has 1 aliphatic heterocycles. The zero-order valence-corrected chi connectivity index (χ0v) is 17.9. The van der Waals surface area contributed by atoms with Crippen LogP contribution in [0, 0.1) is 24.5 Å². The van der Waals surface area contributed by atoms with Crippen LogP contribution in [0.25, 0.3) is 27.3 Å². The van der Waals surface area contributed by atoms with E-state index in [1.165, 1.54) is 0 Å². The predicted molar refractivity (Wildman–Crippen MR) is 128 cm³/mol. The minimum absolute atomic E-state index is 0.172. The molecular formula is C29H21NO2. The van der Waals surface area contributed by atoms with Gasteiger partial charge in [-0.25, -0.2) is 4.99 Å². The van der Waals surface area contributed by atoms with Crippen LogP contribution in [-0.4, -0.2) is 5.11 Å². The van der Waals surface area contributed by atoms with Crippen LogP contribution in [0.3, 0.4) is 0 Å². The molecule has 3 heteroatoms. The number of nitrogens with zero attached hydrogens (tertiary/aromatic N) is 1. The summed E-state index contributed by atoms with van der Waals surface area (Å²) in [6.07, 6.45) is 0. The second-order valence-electron chi connectivity index (χ2n) is 8.26. The number of aliphatic hydroxyl groups excluding tert-OH is 1. The van der Waals surface area contributed by atoms with Crippen molar-refractivity contribution < 1.29 is 9.52 Å². The summed E-state index contributed by atoms with van der Waals surface area (Å²) < 4.78 is 6.44. The first kappa shape index (κ1) is 18.6. The Bertz CT molecular complexity index is 1770. The molecule has 0 radical (unpaired) electrons. The summed E-state index contributed by atoms with van der Waals surface area (Å²) >= 11 is 0. The van der Waals surface area contributed by atoms with Crippen molar-refractivity contribution in [3.05, 3.63) is 123 Å². The summed E-state index contributed by atoms with van der Waals surface area (Å²) in [5, 5.41) is 17.4. The molecule has 32 heavy (non-hydrogen) atoms. The van der Waals surface area contributed by atoms with Crippen LogP contribution in [0.15, 0.2) is 94.3 Å². The quantitative estimate of drug-likeness (QED) is 0.375. The van der Waals surface area contributed by atoms with Gasteiger partial charge in [-0.15, -0.1) is 0 Å². The Hall–Kier alpha value is -4.11. The molecule has 0 aromatic heterocycles. The monoisotopic (exact) mass is 415 g/mol. The van der Waals surface area contributed by atoms with Crippen LogP contribution in [0.5, 0.6) is 0 Å². The Kier molecular flexibility index (Phi) is 4.05. The highest BCUT2D eigenvalue weighted by molar-refractivity contribution is 6.11. The Morgan fingerprint density at radius 2 is 1.41 bits per heavy atom. The smallest absolute Gasteiger partial charge is 0.231 e. The Balaban J connectivity index is 1.88. The lowest BCUT2D eigenvalue weighted by atomic mass is 10.1. The Morgan fingerprint density at radius 3 is 2.12 bits per heavy atom. The summed E-state index contributed by atoms with van der Waals surface area (Å²) in [4.78, 5) is 4.94. The van der Waals surface area contributed by atoms with Crippen LogP contribution in [0.4, 0.5) is 5.69 Å². The number of rotatable bonds is 2. The number of para-hydroxylation sites is 1. The summed E-state index contributed by atoms with van der Waals surface area (Å²) in [5.74, 6) is 0.172. The van der Waals surface area contributed by atoms with E-state index in [2.05, 4.69) is 30.3 Å². The normalized spacial score (nSPS) is 13.5. The molecule has 0 amide bonds. The van der Waals surface area contributed by atoms with E-state index in [-0.39, 0.29) is 5.76 Å². The maximum absolute atomic E-state index is 11.5. The van der Waals surface area contributed by atoms with Gasteiger partial charge < -0.3 is 9.52 Å². The van der Waals surface area contributed by atoms with Crippen molar-refractivity contribution in [1.29, 1.82) is 0 Å². The summed E-state index contributed by atoms with van der Waals surface area (Å²) in [6.45, 7) is 4.08. The van der Waals surface area contributed by atoms with Crippen molar-refractivity contribution in [3.8, 4) is 0 Å². The molecule has 0 unspecified atom stereocenters. The minimum Gasteiger partial charge on any atom is -0.506 e. The van der Waals surface area contributed by atoms with Gasteiger partial charge in [0.05, 0.1) is 10.9 Å². The van der Waals surface area contributed by atoms with E-state index >= 15 is 0 Å². The van der Waals surface area contributed by atoms with Crippen molar-refractivity contribution in [1.82, 2.24) is 0 Å². The number of hydrogen-bond acceptors (Lipinski definition) is 3. The van der Waals surface area contributed by atoms with E-state index < -0.39 is 0 Å². The number of hydrogen-bond donors (Lipinski definition) is 1. The highest BCUT2D eigenvalue weighted by Crippen LogP contribution is 2.30. The molecule has 3 nitrogen and oxygen atoms in total. The van der Waals surface area contributed by atoms with Gasteiger partial charge in [-0.1, -0.05) is 84.9 Å². The van der Waals surface area contributed by atoms with Gasteiger partial charge in [-0.2, -0.15) is 0 Å². The second-order valence-corrected chi connectivity index (χ2v) is 8.26. The van der Waals surface area contributed by atoms with Gasteiger partial charge in [0.1, 0.15) is 11.2 Å². The molecule has 0 atom stereocenters. The molecule has 4 aromatic carbocycles. The molecular weight excluding hydrogens is 394 g/mol. The lowest BCUT2D eigenvalue weighted by molar-refractivity contribution is 0.479. The fourth-order valence-electron chi connectivity index (χ4n) is 4.73. The zero-order chi connectivity index (χ0) is 21.8. The first-order valence-electron chi connectivity index (χ1n) is 10.7. The lowest BCUT2D eigenvalue weighted by Crippen LogP contribution is -2.25. The molecule has 1 aliphatic carbocycles. The minimum atomic E-state index is 0.172. The van der Waals surface area contributed by atoms with Crippen LogP contribution < -0.4 is 10.8 Å². The fraction of sp³-hybridized carbons (Fsp3) is 0.0690. The Morgan fingerprint density at radius 1 is 0.750 bits per heavy atom. The fourth-order valence-corrected chi connectivity index (χ4v) is 4.73. The number of aryl methyl sites for hydroxylation is 2. The Labute approximate surface area is 184 Å². The van der Waals surface area contributed by atoms with E-state index in [1.807, 2.05) is 68.4 Å². The van der Waals surface area contributed by atoms with Crippen molar-refractivity contribution in [3.63, 3.8) is 0 Å². The first-order chi connectivity index (χ1) is 15.6. The summed E-state index contributed by atoms with van der Waals surface area (Å²) in [7, 11) is 0. The van der Waals surface area contributed by atoms with Gasteiger partial charge in [0.15, 0.2) is 0 Å².